The molecule has 5 nitrogen and oxygen atoms in total. The lowest BCUT2D eigenvalue weighted by Crippen LogP contribution is -2.49. The van der Waals surface area contributed by atoms with Crippen molar-refractivity contribution < 1.29 is 4.79 Å². The quantitative estimate of drug-likeness (QED) is 0.720. The zero-order chi connectivity index (χ0) is 12.8. The Morgan fingerprint density at radius 3 is 2.59 bits per heavy atom. The third kappa shape index (κ3) is 2.20. The van der Waals surface area contributed by atoms with Crippen LogP contribution < -0.4 is 10.2 Å². The number of amides is 1. The second-order valence-electron chi connectivity index (χ2n) is 5.08. The summed E-state index contributed by atoms with van der Waals surface area (Å²) in [6.07, 6.45) is 0. The molecule has 0 aliphatic carbocycles. The van der Waals surface area contributed by atoms with Crippen molar-refractivity contribution >= 4 is 29.0 Å². The smallest absolute Gasteiger partial charge is 0.244 e. The number of nitrogens with one attached hydrogen (secondary N) is 1. The van der Waals surface area contributed by atoms with Crippen molar-refractivity contribution in [3.8, 4) is 0 Å². The largest absolute Gasteiger partial charge is 0.341 e. The average Bonchev–Trinajstić information content (AvgIpc) is 2.16. The number of rotatable bonds is 0. The lowest BCUT2D eigenvalue weighted by molar-refractivity contribution is -0.115. The predicted octanol–water partition coefficient (Wildman–Crippen LogP) is 2.00. The van der Waals surface area contributed by atoms with E-state index in [0.29, 0.717) is 17.2 Å². The van der Waals surface area contributed by atoms with E-state index in [1.807, 2.05) is 25.7 Å². The van der Waals surface area contributed by atoms with Gasteiger partial charge in [-0.15, -0.1) is 0 Å². The van der Waals surface area contributed by atoms with Crippen LogP contribution in [0.25, 0.3) is 0 Å². The Kier molecular flexibility index (Phi) is 2.73. The number of hydrogen-bond acceptors (Lipinski definition) is 4. The first-order chi connectivity index (χ1) is 7.79. The average molecular weight is 255 g/mol. The van der Waals surface area contributed by atoms with Gasteiger partial charge in [0.25, 0.3) is 0 Å². The van der Waals surface area contributed by atoms with E-state index in [0.717, 1.165) is 0 Å². The van der Waals surface area contributed by atoms with Crippen molar-refractivity contribution in [3.05, 3.63) is 11.0 Å². The van der Waals surface area contributed by atoms with Crippen molar-refractivity contribution in [1.29, 1.82) is 0 Å². The van der Waals surface area contributed by atoms with Gasteiger partial charge < -0.3 is 10.2 Å². The van der Waals surface area contributed by atoms with Gasteiger partial charge in [-0.25, -0.2) is 4.98 Å². The van der Waals surface area contributed by atoms with Crippen molar-refractivity contribution in [2.75, 3.05) is 16.8 Å². The number of aromatic nitrogens is 2. The van der Waals surface area contributed by atoms with Crippen LogP contribution >= 0.6 is 11.6 Å². The second-order valence-corrected chi connectivity index (χ2v) is 5.42. The molecule has 0 radical (unpaired) electrons. The van der Waals surface area contributed by atoms with Gasteiger partial charge in [0.1, 0.15) is 5.69 Å². The van der Waals surface area contributed by atoms with Gasteiger partial charge in [-0.2, -0.15) is 4.98 Å². The molecule has 1 amide bonds. The molecule has 0 bridgehead atoms. The molecule has 0 unspecified atom stereocenters. The number of halogens is 1. The summed E-state index contributed by atoms with van der Waals surface area (Å²) in [5.41, 5.74) is 1.14. The highest BCUT2D eigenvalue weighted by molar-refractivity contribution is 6.28. The summed E-state index contributed by atoms with van der Waals surface area (Å²) in [6.45, 7) is 8.17. The normalized spacial score (nSPS) is 15.6. The van der Waals surface area contributed by atoms with Crippen LogP contribution in [0.1, 0.15) is 26.5 Å². The molecule has 0 atom stereocenters. The second kappa shape index (κ2) is 3.84. The van der Waals surface area contributed by atoms with Crippen molar-refractivity contribution in [3.63, 3.8) is 0 Å². The zero-order valence-corrected chi connectivity index (χ0v) is 11.1. The molecule has 1 aromatic rings. The standard InChI is InChI=1S/C11H15ClN4O/c1-6-8-9(15-10(12)13-6)16(11(2,3)4)5-7(17)14-8/h5H2,1-4H3,(H,14,17). The molecular weight excluding hydrogens is 240 g/mol. The first-order valence-corrected chi connectivity index (χ1v) is 5.78. The minimum absolute atomic E-state index is 0.0542. The number of anilines is 2. The summed E-state index contributed by atoms with van der Waals surface area (Å²) < 4.78 is 0. The number of fused-ring (bicyclic) bond motifs is 1. The highest BCUT2D eigenvalue weighted by Crippen LogP contribution is 2.34. The molecule has 1 aliphatic heterocycles. The van der Waals surface area contributed by atoms with Crippen LogP contribution in [0.5, 0.6) is 0 Å². The number of nitrogens with zero attached hydrogens (tertiary/aromatic N) is 3. The highest BCUT2D eigenvalue weighted by atomic mass is 35.5. The van der Waals surface area contributed by atoms with Gasteiger partial charge in [0.15, 0.2) is 5.82 Å². The minimum atomic E-state index is -0.198. The first kappa shape index (κ1) is 12.1. The molecule has 92 valence electrons. The van der Waals surface area contributed by atoms with Crippen LogP contribution in [0.3, 0.4) is 0 Å². The molecule has 1 N–H and O–H groups in total. The van der Waals surface area contributed by atoms with E-state index >= 15 is 0 Å². The lowest BCUT2D eigenvalue weighted by atomic mass is 10.0. The molecular formula is C11H15ClN4O. The number of aryl methyl sites for hydroxylation is 1. The Balaban J connectivity index is 2.60. The predicted molar refractivity (Wildman–Crippen MR) is 67.5 cm³/mol. The molecule has 0 spiro atoms. The summed E-state index contributed by atoms with van der Waals surface area (Å²) in [5, 5.41) is 2.99. The Bertz CT molecular complexity index is 481. The summed E-state index contributed by atoms with van der Waals surface area (Å²) >= 11 is 5.87. The fraction of sp³-hybridized carbons (Fsp3) is 0.545. The molecule has 2 heterocycles. The van der Waals surface area contributed by atoms with Gasteiger partial charge >= 0.3 is 0 Å². The maximum atomic E-state index is 11.7. The third-order valence-corrected chi connectivity index (χ3v) is 2.84. The summed E-state index contributed by atoms with van der Waals surface area (Å²) in [7, 11) is 0. The maximum Gasteiger partial charge on any atom is 0.244 e. The Morgan fingerprint density at radius 1 is 1.35 bits per heavy atom. The van der Waals surface area contributed by atoms with Crippen molar-refractivity contribution in [1.82, 2.24) is 9.97 Å². The number of hydrogen-bond donors (Lipinski definition) is 1. The van der Waals surface area contributed by atoms with Gasteiger partial charge in [0.2, 0.25) is 11.2 Å². The van der Waals surface area contributed by atoms with E-state index in [9.17, 15) is 4.79 Å². The van der Waals surface area contributed by atoms with E-state index < -0.39 is 0 Å². The molecule has 1 aliphatic rings. The van der Waals surface area contributed by atoms with Gasteiger partial charge in [0.05, 0.1) is 12.2 Å². The zero-order valence-electron chi connectivity index (χ0n) is 10.3. The van der Waals surface area contributed by atoms with E-state index in [2.05, 4.69) is 15.3 Å². The van der Waals surface area contributed by atoms with Crippen LogP contribution in [0, 0.1) is 6.92 Å². The topological polar surface area (TPSA) is 58.1 Å². The molecule has 0 saturated carbocycles. The van der Waals surface area contributed by atoms with Crippen molar-refractivity contribution in [2.45, 2.75) is 33.2 Å². The van der Waals surface area contributed by atoms with Crippen LogP contribution in [0.4, 0.5) is 11.5 Å². The molecule has 2 rings (SSSR count). The van der Waals surface area contributed by atoms with Crippen LogP contribution in [-0.2, 0) is 4.79 Å². The van der Waals surface area contributed by atoms with E-state index in [1.165, 1.54) is 0 Å². The number of carbonyl (C=O) groups is 1. The maximum absolute atomic E-state index is 11.7. The van der Waals surface area contributed by atoms with Crippen LogP contribution in [0.2, 0.25) is 5.28 Å². The monoisotopic (exact) mass is 254 g/mol. The lowest BCUT2D eigenvalue weighted by Gasteiger charge is -2.40. The Labute approximate surface area is 105 Å². The highest BCUT2D eigenvalue weighted by Gasteiger charge is 2.32. The summed E-state index contributed by atoms with van der Waals surface area (Å²) in [5.74, 6) is 0.635. The first-order valence-electron chi connectivity index (χ1n) is 5.40. The molecule has 17 heavy (non-hydrogen) atoms. The van der Waals surface area contributed by atoms with E-state index in [1.54, 1.807) is 6.92 Å². The molecule has 0 fully saturated rings. The summed E-state index contributed by atoms with van der Waals surface area (Å²) in [4.78, 5) is 21.9. The van der Waals surface area contributed by atoms with E-state index in [4.69, 9.17) is 11.6 Å². The van der Waals surface area contributed by atoms with Gasteiger partial charge in [-0.3, -0.25) is 4.79 Å². The van der Waals surface area contributed by atoms with Crippen LogP contribution in [-0.4, -0.2) is 28.0 Å². The SMILES string of the molecule is Cc1nc(Cl)nc2c1NC(=O)CN2C(C)(C)C. The fourth-order valence-electron chi connectivity index (χ4n) is 1.82. The van der Waals surface area contributed by atoms with E-state index in [-0.39, 0.29) is 23.3 Å². The van der Waals surface area contributed by atoms with Gasteiger partial charge in [-0.05, 0) is 39.3 Å². The molecule has 0 aromatic carbocycles. The number of carbonyl (C=O) groups excluding carboxylic acids is 1. The molecule has 6 heteroatoms. The molecule has 1 aromatic heterocycles. The Hall–Kier alpha value is -1.36. The minimum Gasteiger partial charge on any atom is -0.341 e. The Morgan fingerprint density at radius 2 is 2.00 bits per heavy atom. The van der Waals surface area contributed by atoms with Gasteiger partial charge in [-0.1, -0.05) is 0 Å². The third-order valence-electron chi connectivity index (χ3n) is 2.68. The molecule has 0 saturated heterocycles. The van der Waals surface area contributed by atoms with Gasteiger partial charge in [0, 0.05) is 5.54 Å². The fourth-order valence-corrected chi connectivity index (χ4v) is 2.03. The van der Waals surface area contributed by atoms with Crippen molar-refractivity contribution in [2.24, 2.45) is 0 Å². The summed E-state index contributed by atoms with van der Waals surface area (Å²) in [6, 6.07) is 0. The van der Waals surface area contributed by atoms with Crippen LogP contribution in [0.15, 0.2) is 0 Å².